The first kappa shape index (κ1) is 21.1. The quantitative estimate of drug-likeness (QED) is 0.666. The number of hydrogen-bond acceptors (Lipinski definition) is 5. The van der Waals surface area contributed by atoms with Crippen molar-refractivity contribution in [2.45, 2.75) is 31.2 Å². The summed E-state index contributed by atoms with van der Waals surface area (Å²) in [5, 5.41) is 0. The number of carbonyl (C=O) groups excluding carboxylic acids is 2. The molecule has 2 aromatic rings. The molecule has 2 heterocycles. The minimum Gasteiger partial charge on any atom is -0.461 e. The van der Waals surface area contributed by atoms with Crippen molar-refractivity contribution in [3.63, 3.8) is 0 Å². The number of anilines is 1. The Labute approximate surface area is 170 Å². The molecule has 0 fully saturated rings. The summed E-state index contributed by atoms with van der Waals surface area (Å²) in [7, 11) is -1.02. The zero-order valence-corrected chi connectivity index (χ0v) is 17.8. The second kappa shape index (κ2) is 8.00. The maximum absolute atomic E-state index is 12.9. The second-order valence-electron chi connectivity index (χ2n) is 7.10. The number of esters is 1. The molecule has 0 unspecified atom stereocenters. The van der Waals surface area contributed by atoms with Gasteiger partial charge in [0.1, 0.15) is 10.6 Å². The maximum Gasteiger partial charge on any atom is 0.354 e. The number of hydrogen-bond donors (Lipinski definition) is 0. The van der Waals surface area contributed by atoms with Crippen LogP contribution in [0.15, 0.2) is 41.4 Å². The van der Waals surface area contributed by atoms with Gasteiger partial charge in [0.25, 0.3) is 0 Å². The van der Waals surface area contributed by atoms with E-state index in [0.29, 0.717) is 0 Å². The summed E-state index contributed by atoms with van der Waals surface area (Å²) in [4.78, 5) is 26.5. The molecule has 0 bridgehead atoms. The molecule has 1 amide bonds. The second-order valence-corrected chi connectivity index (χ2v) is 9.14. The summed E-state index contributed by atoms with van der Waals surface area (Å²) >= 11 is 0. The number of carbonyl (C=O) groups is 2. The van der Waals surface area contributed by atoms with Crippen molar-refractivity contribution < 1.29 is 22.7 Å². The van der Waals surface area contributed by atoms with Gasteiger partial charge in [0.05, 0.1) is 13.2 Å². The van der Waals surface area contributed by atoms with Crippen LogP contribution in [0.25, 0.3) is 0 Å². The molecule has 0 N–H and O–H groups in total. The summed E-state index contributed by atoms with van der Waals surface area (Å²) in [6, 6.07) is 8.85. The van der Waals surface area contributed by atoms with Crippen LogP contribution in [-0.4, -0.2) is 55.4 Å². The van der Waals surface area contributed by atoms with Crippen molar-refractivity contribution in [2.24, 2.45) is 7.05 Å². The number of amides is 1. The van der Waals surface area contributed by atoms with E-state index in [4.69, 9.17) is 4.74 Å². The van der Waals surface area contributed by atoms with E-state index in [1.165, 1.54) is 23.9 Å². The molecule has 1 aliphatic rings. The average molecular weight is 420 g/mol. The third kappa shape index (κ3) is 3.92. The van der Waals surface area contributed by atoms with Crippen LogP contribution in [0.3, 0.4) is 0 Å². The highest BCUT2D eigenvalue weighted by molar-refractivity contribution is 7.89. The van der Waals surface area contributed by atoms with E-state index in [1.54, 1.807) is 18.9 Å². The number of ether oxygens (including phenoxy) is 1. The minimum atomic E-state index is -3.95. The van der Waals surface area contributed by atoms with Gasteiger partial charge >= 0.3 is 5.97 Å². The first-order chi connectivity index (χ1) is 13.7. The summed E-state index contributed by atoms with van der Waals surface area (Å²) in [6.45, 7) is 3.51. The van der Waals surface area contributed by atoms with E-state index in [9.17, 15) is 18.0 Å². The fourth-order valence-corrected chi connectivity index (χ4v) is 4.75. The lowest BCUT2D eigenvalue weighted by atomic mass is 10.1. The van der Waals surface area contributed by atoms with Crippen molar-refractivity contribution in [1.29, 1.82) is 0 Å². The lowest BCUT2D eigenvalue weighted by molar-refractivity contribution is -0.118. The van der Waals surface area contributed by atoms with Crippen LogP contribution in [0.1, 0.15) is 29.9 Å². The van der Waals surface area contributed by atoms with Gasteiger partial charge in [-0.15, -0.1) is 0 Å². The molecule has 0 saturated heterocycles. The van der Waals surface area contributed by atoms with Crippen molar-refractivity contribution in [3.8, 4) is 0 Å². The van der Waals surface area contributed by atoms with Crippen LogP contribution in [-0.2, 0) is 33.0 Å². The Kier molecular flexibility index (Phi) is 5.81. The van der Waals surface area contributed by atoms with Gasteiger partial charge in [-0.2, -0.15) is 4.31 Å². The van der Waals surface area contributed by atoms with Gasteiger partial charge in [-0.25, -0.2) is 13.2 Å². The first-order valence-electron chi connectivity index (χ1n) is 9.36. The first-order valence-corrected chi connectivity index (χ1v) is 10.8. The van der Waals surface area contributed by atoms with Crippen molar-refractivity contribution >= 4 is 27.6 Å². The zero-order chi connectivity index (χ0) is 21.3. The van der Waals surface area contributed by atoms with E-state index in [2.05, 4.69) is 0 Å². The number of rotatable bonds is 6. The molecule has 1 aromatic carbocycles. The summed E-state index contributed by atoms with van der Waals surface area (Å²) in [5.74, 6) is -0.896. The Bertz CT molecular complexity index is 1040. The number of sulfonamides is 1. The maximum atomic E-state index is 12.9. The van der Waals surface area contributed by atoms with Crippen LogP contribution in [0.5, 0.6) is 0 Å². The molecule has 0 aliphatic carbocycles. The monoisotopic (exact) mass is 419 g/mol. The molecule has 0 radical (unpaired) electrons. The predicted molar refractivity (Wildman–Crippen MR) is 108 cm³/mol. The molecular weight excluding hydrogens is 394 g/mol. The van der Waals surface area contributed by atoms with Gasteiger partial charge in [-0.1, -0.05) is 18.2 Å². The number of aromatic nitrogens is 1. The molecule has 1 aliphatic heterocycles. The lowest BCUT2D eigenvalue weighted by Gasteiger charge is -2.25. The fraction of sp³-hybridized carbons (Fsp3) is 0.400. The van der Waals surface area contributed by atoms with Gasteiger partial charge in [-0.05, 0) is 38.0 Å². The Morgan fingerprint density at radius 1 is 1.28 bits per heavy atom. The smallest absolute Gasteiger partial charge is 0.354 e. The van der Waals surface area contributed by atoms with Gasteiger partial charge in [-0.3, -0.25) is 4.79 Å². The molecule has 9 heteroatoms. The molecule has 156 valence electrons. The van der Waals surface area contributed by atoms with Gasteiger partial charge in [0.15, 0.2) is 0 Å². The third-order valence-electron chi connectivity index (χ3n) is 5.01. The highest BCUT2D eigenvalue weighted by Gasteiger charge is 2.33. The number of fused-ring (bicyclic) bond motifs is 1. The number of para-hydroxylation sites is 1. The van der Waals surface area contributed by atoms with Crippen LogP contribution in [0.4, 0.5) is 5.69 Å². The van der Waals surface area contributed by atoms with E-state index >= 15 is 0 Å². The van der Waals surface area contributed by atoms with Gasteiger partial charge in [0.2, 0.25) is 15.9 Å². The molecule has 1 aromatic heterocycles. The molecule has 3 rings (SSSR count). The predicted octanol–water partition coefficient (Wildman–Crippen LogP) is 1.80. The standard InChI is InChI=1S/C20H25N3O5S/c1-5-28-20(25)18-11-16(12-21(18)3)29(26,27)22(4)13-19(24)23-14(2)10-15-8-6-7-9-17(15)23/h6-9,11-12,14H,5,10,13H2,1-4H3/t14-/m0/s1. The Hall–Kier alpha value is -2.65. The fourth-order valence-electron chi connectivity index (χ4n) is 3.56. The third-order valence-corrected chi connectivity index (χ3v) is 6.78. The Balaban J connectivity index is 1.80. The van der Waals surface area contributed by atoms with Gasteiger partial charge < -0.3 is 14.2 Å². The summed E-state index contributed by atoms with van der Waals surface area (Å²) in [5.41, 5.74) is 2.02. The molecule has 0 saturated carbocycles. The lowest BCUT2D eigenvalue weighted by Crippen LogP contribution is -2.43. The van der Waals surface area contributed by atoms with Crippen LogP contribution < -0.4 is 4.90 Å². The normalized spacial score (nSPS) is 16.2. The molecule has 0 spiro atoms. The van der Waals surface area contributed by atoms with E-state index in [0.717, 1.165) is 22.0 Å². The van der Waals surface area contributed by atoms with Crippen molar-refractivity contribution in [1.82, 2.24) is 8.87 Å². The summed E-state index contributed by atoms with van der Waals surface area (Å²) in [6.07, 6.45) is 2.08. The van der Waals surface area contributed by atoms with Crippen LogP contribution in [0.2, 0.25) is 0 Å². The summed E-state index contributed by atoms with van der Waals surface area (Å²) < 4.78 is 33.2. The van der Waals surface area contributed by atoms with Gasteiger partial charge in [0, 0.05) is 32.0 Å². The number of benzene rings is 1. The Morgan fingerprint density at radius 2 is 1.97 bits per heavy atom. The number of aryl methyl sites for hydroxylation is 1. The highest BCUT2D eigenvalue weighted by Crippen LogP contribution is 2.32. The Morgan fingerprint density at radius 3 is 2.66 bits per heavy atom. The van der Waals surface area contributed by atoms with Crippen molar-refractivity contribution in [2.75, 3.05) is 25.1 Å². The van der Waals surface area contributed by atoms with E-state index in [-0.39, 0.29) is 35.7 Å². The van der Waals surface area contributed by atoms with Crippen LogP contribution >= 0.6 is 0 Å². The molecule has 29 heavy (non-hydrogen) atoms. The zero-order valence-electron chi connectivity index (χ0n) is 17.0. The molecular formula is C20H25N3O5S. The van der Waals surface area contributed by atoms with Crippen LogP contribution in [0, 0.1) is 0 Å². The number of likely N-dealkylation sites (N-methyl/N-ethyl adjacent to an activating group) is 1. The topological polar surface area (TPSA) is 88.9 Å². The van der Waals surface area contributed by atoms with E-state index < -0.39 is 16.0 Å². The molecule has 8 nitrogen and oxygen atoms in total. The van der Waals surface area contributed by atoms with E-state index in [1.807, 2.05) is 31.2 Å². The average Bonchev–Trinajstić information content (AvgIpc) is 3.21. The highest BCUT2D eigenvalue weighted by atomic mass is 32.2. The SMILES string of the molecule is CCOC(=O)c1cc(S(=O)(=O)N(C)CC(=O)N2c3ccccc3C[C@@H]2C)cn1C. The number of nitrogens with zero attached hydrogens (tertiary/aromatic N) is 3. The largest absolute Gasteiger partial charge is 0.461 e. The van der Waals surface area contributed by atoms with Crippen molar-refractivity contribution in [3.05, 3.63) is 47.8 Å². The minimum absolute atomic E-state index is 0.0388. The molecule has 1 atom stereocenters.